The highest BCUT2D eigenvalue weighted by Crippen LogP contribution is 2.27. The number of hydrogen-bond donors (Lipinski definition) is 0. The molecule has 0 atom stereocenters. The van der Waals surface area contributed by atoms with E-state index < -0.39 is 0 Å². The molecule has 0 saturated heterocycles. The second-order valence-corrected chi connectivity index (χ2v) is 4.33. The molecule has 0 radical (unpaired) electrons. The van der Waals surface area contributed by atoms with Crippen molar-refractivity contribution < 1.29 is 9.26 Å². The summed E-state index contributed by atoms with van der Waals surface area (Å²) >= 11 is 0. The number of nitrogens with zero attached hydrogens (tertiary/aromatic N) is 3. The van der Waals surface area contributed by atoms with Crippen LogP contribution in [0.2, 0.25) is 0 Å². The van der Waals surface area contributed by atoms with Crippen molar-refractivity contribution in [2.75, 3.05) is 6.61 Å². The molecule has 3 aromatic rings. The topological polar surface area (TPSA) is 53.1 Å². The van der Waals surface area contributed by atoms with Gasteiger partial charge in [0.1, 0.15) is 5.75 Å². The van der Waals surface area contributed by atoms with Crippen molar-refractivity contribution >= 4 is 10.9 Å². The van der Waals surface area contributed by atoms with Crippen molar-refractivity contribution in [1.29, 1.82) is 0 Å². The molecule has 19 heavy (non-hydrogen) atoms. The molecule has 0 fully saturated rings. The molecular weight excluding hydrogens is 242 g/mol. The first-order chi connectivity index (χ1) is 9.38. The normalized spacial score (nSPS) is 11.0. The molecule has 0 spiro atoms. The average molecular weight is 257 g/mol. The van der Waals surface area contributed by atoms with Gasteiger partial charge < -0.3 is 13.8 Å². The zero-order valence-electron chi connectivity index (χ0n) is 10.7. The zero-order chi connectivity index (χ0) is 13.1. The van der Waals surface area contributed by atoms with E-state index in [9.17, 15) is 0 Å². The molecule has 0 aliphatic heterocycles. The lowest BCUT2D eigenvalue weighted by molar-refractivity contribution is 0.321. The second-order valence-electron chi connectivity index (χ2n) is 4.33. The standard InChI is InChI=1S/C14H15N3O2/c1-2-8-18-13-5-3-4-12-11(13)6-7-17(12)9-14-15-10-19-16-14/h3-7,10H,2,8-9H2,1H3. The first kappa shape index (κ1) is 11.8. The molecule has 98 valence electrons. The second kappa shape index (κ2) is 5.14. The van der Waals surface area contributed by atoms with Crippen LogP contribution in [-0.2, 0) is 6.54 Å². The van der Waals surface area contributed by atoms with E-state index in [1.54, 1.807) is 0 Å². The molecule has 0 saturated carbocycles. The molecule has 0 aliphatic rings. The van der Waals surface area contributed by atoms with E-state index in [0.29, 0.717) is 12.4 Å². The van der Waals surface area contributed by atoms with Crippen LogP contribution in [-0.4, -0.2) is 21.3 Å². The highest BCUT2D eigenvalue weighted by molar-refractivity contribution is 5.86. The Morgan fingerprint density at radius 1 is 1.32 bits per heavy atom. The Morgan fingerprint density at radius 2 is 2.26 bits per heavy atom. The van der Waals surface area contributed by atoms with Gasteiger partial charge in [0.15, 0.2) is 5.82 Å². The Kier molecular flexibility index (Phi) is 3.18. The lowest BCUT2D eigenvalue weighted by atomic mass is 10.2. The van der Waals surface area contributed by atoms with E-state index in [2.05, 4.69) is 33.8 Å². The Morgan fingerprint density at radius 3 is 3.05 bits per heavy atom. The maximum absolute atomic E-state index is 5.75. The van der Waals surface area contributed by atoms with Crippen LogP contribution in [0.4, 0.5) is 0 Å². The third-order valence-corrected chi connectivity index (χ3v) is 2.95. The van der Waals surface area contributed by atoms with Gasteiger partial charge in [-0.1, -0.05) is 18.1 Å². The molecule has 1 aromatic carbocycles. The summed E-state index contributed by atoms with van der Waals surface area (Å²) in [6, 6.07) is 8.12. The molecule has 0 amide bonds. The van der Waals surface area contributed by atoms with Gasteiger partial charge in [0.05, 0.1) is 18.7 Å². The van der Waals surface area contributed by atoms with E-state index in [0.717, 1.165) is 29.7 Å². The van der Waals surface area contributed by atoms with E-state index in [-0.39, 0.29) is 0 Å². The third-order valence-electron chi connectivity index (χ3n) is 2.95. The summed E-state index contributed by atoms with van der Waals surface area (Å²) in [5, 5.41) is 4.94. The van der Waals surface area contributed by atoms with Crippen LogP contribution in [0, 0.1) is 0 Å². The lowest BCUT2D eigenvalue weighted by Gasteiger charge is -2.07. The van der Waals surface area contributed by atoms with Crippen LogP contribution >= 0.6 is 0 Å². The Balaban J connectivity index is 1.94. The molecule has 3 rings (SSSR count). The van der Waals surface area contributed by atoms with E-state index in [1.807, 2.05) is 18.3 Å². The predicted octanol–water partition coefficient (Wildman–Crippen LogP) is 2.86. The van der Waals surface area contributed by atoms with Gasteiger partial charge in [-0.05, 0) is 24.6 Å². The fourth-order valence-corrected chi connectivity index (χ4v) is 2.09. The summed E-state index contributed by atoms with van der Waals surface area (Å²) in [5.41, 5.74) is 1.11. The summed E-state index contributed by atoms with van der Waals surface area (Å²) < 4.78 is 12.6. The maximum atomic E-state index is 5.75. The summed E-state index contributed by atoms with van der Waals surface area (Å²) in [7, 11) is 0. The van der Waals surface area contributed by atoms with Crippen molar-refractivity contribution in [3.05, 3.63) is 42.7 Å². The third kappa shape index (κ3) is 2.31. The molecule has 0 bridgehead atoms. The minimum atomic E-state index is 0.594. The van der Waals surface area contributed by atoms with Crippen molar-refractivity contribution in [3.8, 4) is 5.75 Å². The monoisotopic (exact) mass is 257 g/mol. The fourth-order valence-electron chi connectivity index (χ4n) is 2.09. The summed E-state index contributed by atoms with van der Waals surface area (Å²) in [6.07, 6.45) is 4.36. The number of aromatic nitrogens is 3. The minimum absolute atomic E-state index is 0.594. The van der Waals surface area contributed by atoms with E-state index >= 15 is 0 Å². The molecule has 2 aromatic heterocycles. The highest BCUT2D eigenvalue weighted by Gasteiger charge is 2.08. The first-order valence-corrected chi connectivity index (χ1v) is 6.34. The van der Waals surface area contributed by atoms with Crippen LogP contribution < -0.4 is 4.74 Å². The summed E-state index contributed by atoms with van der Waals surface area (Å²) in [4.78, 5) is 4.04. The highest BCUT2D eigenvalue weighted by atomic mass is 16.5. The van der Waals surface area contributed by atoms with Crippen molar-refractivity contribution in [2.45, 2.75) is 19.9 Å². The molecule has 0 N–H and O–H groups in total. The van der Waals surface area contributed by atoms with E-state index in [4.69, 9.17) is 9.26 Å². The van der Waals surface area contributed by atoms with E-state index in [1.165, 1.54) is 6.39 Å². The van der Waals surface area contributed by atoms with Crippen LogP contribution in [0.1, 0.15) is 19.2 Å². The minimum Gasteiger partial charge on any atom is -0.493 e. The van der Waals surface area contributed by atoms with Crippen molar-refractivity contribution in [2.24, 2.45) is 0 Å². The van der Waals surface area contributed by atoms with Gasteiger partial charge >= 0.3 is 0 Å². The Hall–Kier alpha value is -2.30. The maximum Gasteiger partial charge on any atom is 0.213 e. The van der Waals surface area contributed by atoms with Gasteiger partial charge in [0, 0.05) is 11.6 Å². The molecule has 0 unspecified atom stereocenters. The van der Waals surface area contributed by atoms with Crippen LogP contribution in [0.3, 0.4) is 0 Å². The van der Waals surface area contributed by atoms with Gasteiger partial charge in [-0.2, -0.15) is 4.98 Å². The van der Waals surface area contributed by atoms with Crippen LogP contribution in [0.5, 0.6) is 5.75 Å². The van der Waals surface area contributed by atoms with Gasteiger partial charge in [-0.15, -0.1) is 0 Å². The summed E-state index contributed by atoms with van der Waals surface area (Å²) in [5.74, 6) is 1.59. The Bertz CT molecular complexity index is 658. The smallest absolute Gasteiger partial charge is 0.213 e. The number of hydrogen-bond acceptors (Lipinski definition) is 4. The lowest BCUT2D eigenvalue weighted by Crippen LogP contribution is -2.00. The average Bonchev–Trinajstić information content (AvgIpc) is 3.07. The van der Waals surface area contributed by atoms with Gasteiger partial charge in [-0.3, -0.25) is 0 Å². The van der Waals surface area contributed by atoms with Crippen molar-refractivity contribution in [1.82, 2.24) is 14.7 Å². The number of ether oxygens (including phenoxy) is 1. The Labute approximate surface area is 110 Å². The SMILES string of the molecule is CCCOc1cccc2c1ccn2Cc1ncon1. The largest absolute Gasteiger partial charge is 0.493 e. The summed E-state index contributed by atoms with van der Waals surface area (Å²) in [6.45, 7) is 3.42. The van der Waals surface area contributed by atoms with Gasteiger partial charge in [-0.25, -0.2) is 0 Å². The molecule has 0 aliphatic carbocycles. The van der Waals surface area contributed by atoms with Crippen molar-refractivity contribution in [3.63, 3.8) is 0 Å². The fraction of sp³-hybridized carbons (Fsp3) is 0.286. The molecular formula is C14H15N3O2. The predicted molar refractivity (Wildman–Crippen MR) is 71.1 cm³/mol. The zero-order valence-corrected chi connectivity index (χ0v) is 10.7. The number of rotatable bonds is 5. The molecule has 5 heteroatoms. The number of benzene rings is 1. The molecule has 5 nitrogen and oxygen atoms in total. The quantitative estimate of drug-likeness (QED) is 0.705. The van der Waals surface area contributed by atoms with Gasteiger partial charge in [0.25, 0.3) is 0 Å². The first-order valence-electron chi connectivity index (χ1n) is 6.34. The van der Waals surface area contributed by atoms with Crippen LogP contribution in [0.25, 0.3) is 10.9 Å². The van der Waals surface area contributed by atoms with Crippen LogP contribution in [0.15, 0.2) is 41.4 Å². The molecule has 2 heterocycles. The number of fused-ring (bicyclic) bond motifs is 1. The van der Waals surface area contributed by atoms with Gasteiger partial charge in [0.2, 0.25) is 6.39 Å².